The molecule has 0 unspecified atom stereocenters. The number of hydrogen-bond acceptors (Lipinski definition) is 7. The topological polar surface area (TPSA) is 120 Å². The Balaban J connectivity index is 1.90. The van der Waals surface area contributed by atoms with Gasteiger partial charge in [0, 0.05) is 26.5 Å². The summed E-state index contributed by atoms with van der Waals surface area (Å²) in [4.78, 5) is 35.2. The summed E-state index contributed by atoms with van der Waals surface area (Å²) in [6.07, 6.45) is 6.87. The number of methoxy groups -OCH3 is 1. The number of aromatic nitrogens is 3. The monoisotopic (exact) mass is 487 g/mol. The van der Waals surface area contributed by atoms with Crippen LogP contribution in [-0.2, 0) is 25.5 Å². The van der Waals surface area contributed by atoms with Crippen molar-refractivity contribution in [3.63, 3.8) is 0 Å². The number of carbonyl (C=O) groups excluding carboxylic acids is 1. The number of amides is 1. The zero-order valence-corrected chi connectivity index (χ0v) is 20.1. The van der Waals surface area contributed by atoms with Gasteiger partial charge in [-0.15, -0.1) is 0 Å². The average Bonchev–Trinajstić information content (AvgIpc) is 3.32. The van der Waals surface area contributed by atoms with Gasteiger partial charge in [0.1, 0.15) is 17.4 Å². The van der Waals surface area contributed by atoms with Gasteiger partial charge in [-0.05, 0) is 43.2 Å². The van der Waals surface area contributed by atoms with Crippen LogP contribution in [0.25, 0.3) is 16.7 Å². The van der Waals surface area contributed by atoms with Crippen LogP contribution in [0.3, 0.4) is 0 Å². The van der Waals surface area contributed by atoms with Crippen LogP contribution in [0, 0.1) is 18.3 Å². The van der Waals surface area contributed by atoms with Crippen LogP contribution in [0.15, 0.2) is 70.5 Å². The van der Waals surface area contributed by atoms with Gasteiger partial charge in [0.15, 0.2) is 17.0 Å². The molecule has 0 bridgehead atoms. The maximum atomic E-state index is 13.3. The first-order valence-corrected chi connectivity index (χ1v) is 11.3. The fourth-order valence-corrected chi connectivity index (χ4v) is 3.91. The molecule has 3 aromatic heterocycles. The van der Waals surface area contributed by atoms with Crippen LogP contribution in [0.5, 0.6) is 0 Å². The van der Waals surface area contributed by atoms with Crippen molar-refractivity contribution in [1.29, 1.82) is 5.26 Å². The van der Waals surface area contributed by atoms with E-state index in [4.69, 9.17) is 19.2 Å². The molecule has 0 radical (unpaired) electrons. The number of rotatable bonds is 7. The maximum Gasteiger partial charge on any atom is 0.267 e. The smallest absolute Gasteiger partial charge is 0.267 e. The molecule has 4 rings (SSSR count). The quantitative estimate of drug-likeness (QED) is 0.371. The predicted octanol–water partition coefficient (Wildman–Crippen LogP) is 2.64. The molecule has 0 aromatic carbocycles. The molecular weight excluding hydrogens is 462 g/mol. The minimum Gasteiger partial charge on any atom is -0.454 e. The van der Waals surface area contributed by atoms with E-state index in [1.165, 1.54) is 10.5 Å². The molecule has 1 aliphatic rings. The van der Waals surface area contributed by atoms with E-state index in [9.17, 15) is 14.9 Å². The Labute approximate surface area is 206 Å². The van der Waals surface area contributed by atoms with Gasteiger partial charge >= 0.3 is 0 Å². The minimum absolute atomic E-state index is 0.0498. The summed E-state index contributed by atoms with van der Waals surface area (Å²) < 4.78 is 19.0. The summed E-state index contributed by atoms with van der Waals surface area (Å²) in [6, 6.07) is 7.14. The summed E-state index contributed by atoms with van der Waals surface area (Å²) in [5, 5.41) is 10.1. The first kappa shape index (κ1) is 24.6. The molecule has 1 aliphatic heterocycles. The molecule has 4 heterocycles. The molecule has 0 aliphatic carbocycles. The van der Waals surface area contributed by atoms with Gasteiger partial charge in [-0.3, -0.25) is 14.0 Å². The van der Waals surface area contributed by atoms with Crippen molar-refractivity contribution in [2.75, 3.05) is 20.5 Å². The van der Waals surface area contributed by atoms with Crippen molar-refractivity contribution in [3.05, 3.63) is 87.7 Å². The Morgan fingerprint density at radius 2 is 2.17 bits per heavy atom. The Bertz CT molecular complexity index is 1590. The molecule has 1 amide bonds. The molecule has 0 spiro atoms. The highest BCUT2D eigenvalue weighted by Gasteiger charge is 2.17. The molecule has 10 nitrogen and oxygen atoms in total. The standard InChI is InChI=1S/C26H25N5O5/c1-4-7-20-21(36-16-35-20)9-10-22(32)28-24-18(15-27)14-19-25(30(24)12-6-13-34-3)29-23-17(2)8-5-11-31(23)26(19)33/h4-5,7-9,11,14H,1,6,10,12-13,16H2,2-3H3/b20-7-,21-9-,28-24?. The van der Waals surface area contributed by atoms with E-state index < -0.39 is 5.91 Å². The largest absolute Gasteiger partial charge is 0.454 e. The first-order chi connectivity index (χ1) is 17.5. The van der Waals surface area contributed by atoms with Crippen molar-refractivity contribution in [1.82, 2.24) is 14.0 Å². The van der Waals surface area contributed by atoms with Gasteiger partial charge in [-0.1, -0.05) is 18.7 Å². The van der Waals surface area contributed by atoms with Crippen molar-refractivity contribution < 1.29 is 19.0 Å². The van der Waals surface area contributed by atoms with E-state index >= 15 is 0 Å². The molecule has 1 fully saturated rings. The fourth-order valence-electron chi connectivity index (χ4n) is 3.91. The number of aryl methyl sites for hydroxylation is 2. The normalized spacial score (nSPS) is 15.9. The van der Waals surface area contributed by atoms with Gasteiger partial charge in [0.05, 0.1) is 17.4 Å². The van der Waals surface area contributed by atoms with Gasteiger partial charge < -0.3 is 18.8 Å². The van der Waals surface area contributed by atoms with E-state index in [0.29, 0.717) is 42.4 Å². The first-order valence-electron chi connectivity index (χ1n) is 11.3. The molecule has 3 aromatic rings. The van der Waals surface area contributed by atoms with Crippen molar-refractivity contribution >= 4 is 22.6 Å². The average molecular weight is 488 g/mol. The Morgan fingerprint density at radius 1 is 1.36 bits per heavy atom. The van der Waals surface area contributed by atoms with Crippen molar-refractivity contribution in [2.24, 2.45) is 4.99 Å². The zero-order chi connectivity index (χ0) is 25.7. The van der Waals surface area contributed by atoms with Crippen LogP contribution < -0.4 is 11.0 Å². The lowest BCUT2D eigenvalue weighted by molar-refractivity contribution is -0.117. The molecule has 36 heavy (non-hydrogen) atoms. The van der Waals surface area contributed by atoms with Crippen molar-refractivity contribution in [3.8, 4) is 6.07 Å². The summed E-state index contributed by atoms with van der Waals surface area (Å²) >= 11 is 0. The predicted molar refractivity (Wildman–Crippen MR) is 131 cm³/mol. The lowest BCUT2D eigenvalue weighted by Gasteiger charge is -2.14. The lowest BCUT2D eigenvalue weighted by Crippen LogP contribution is -2.30. The molecule has 0 saturated carbocycles. The number of nitriles is 1. The molecule has 184 valence electrons. The number of fused-ring (bicyclic) bond motifs is 2. The van der Waals surface area contributed by atoms with E-state index in [0.717, 1.165) is 5.56 Å². The van der Waals surface area contributed by atoms with Gasteiger partial charge in [-0.25, -0.2) is 4.98 Å². The third-order valence-corrected chi connectivity index (χ3v) is 5.59. The van der Waals surface area contributed by atoms with Crippen LogP contribution in [0.4, 0.5) is 0 Å². The minimum atomic E-state index is -0.499. The van der Waals surface area contributed by atoms with Crippen LogP contribution in [0.2, 0.25) is 0 Å². The summed E-state index contributed by atoms with van der Waals surface area (Å²) in [5.74, 6) is 0.394. The zero-order valence-electron chi connectivity index (χ0n) is 20.1. The van der Waals surface area contributed by atoms with E-state index in [2.05, 4.69) is 17.6 Å². The number of carbonyl (C=O) groups is 1. The van der Waals surface area contributed by atoms with Gasteiger partial charge in [0.25, 0.3) is 11.5 Å². The number of hydrogen-bond donors (Lipinski definition) is 0. The van der Waals surface area contributed by atoms with E-state index in [-0.39, 0.29) is 35.2 Å². The summed E-state index contributed by atoms with van der Waals surface area (Å²) in [5.41, 5.74) is 1.57. The lowest BCUT2D eigenvalue weighted by atomic mass is 10.2. The highest BCUT2D eigenvalue weighted by molar-refractivity contribution is 5.81. The Morgan fingerprint density at radius 3 is 2.92 bits per heavy atom. The third kappa shape index (κ3) is 4.82. The molecule has 1 saturated heterocycles. The molecule has 0 N–H and O–H groups in total. The van der Waals surface area contributed by atoms with E-state index in [1.54, 1.807) is 42.2 Å². The third-order valence-electron chi connectivity index (χ3n) is 5.59. The highest BCUT2D eigenvalue weighted by Crippen LogP contribution is 2.21. The number of ether oxygens (including phenoxy) is 3. The summed E-state index contributed by atoms with van der Waals surface area (Å²) in [6.45, 7) is 6.31. The SMILES string of the molecule is C=C/C=C1\OCO\C1=C/CC(=O)N=c1c(C#N)cc2c(=O)n3cccc(C)c3nc2n1CCCOC. The second-order valence-electron chi connectivity index (χ2n) is 7.98. The van der Waals surface area contributed by atoms with Crippen LogP contribution >= 0.6 is 0 Å². The van der Waals surface area contributed by atoms with Crippen molar-refractivity contribution in [2.45, 2.75) is 26.3 Å². The number of nitrogens with zero attached hydrogens (tertiary/aromatic N) is 5. The second kappa shape index (κ2) is 10.8. The van der Waals surface area contributed by atoms with Gasteiger partial charge in [-0.2, -0.15) is 10.3 Å². The van der Waals surface area contributed by atoms with Gasteiger partial charge in [0.2, 0.25) is 6.79 Å². The molecular formula is C26H25N5O5. The Kier molecular flexibility index (Phi) is 7.42. The number of pyridine rings is 2. The molecule has 10 heteroatoms. The molecule has 0 atom stereocenters. The van der Waals surface area contributed by atoms with Crippen LogP contribution in [-0.4, -0.2) is 40.4 Å². The summed E-state index contributed by atoms with van der Waals surface area (Å²) in [7, 11) is 1.59. The second-order valence-corrected chi connectivity index (χ2v) is 7.98. The maximum absolute atomic E-state index is 13.3. The van der Waals surface area contributed by atoms with Crippen LogP contribution in [0.1, 0.15) is 24.0 Å². The van der Waals surface area contributed by atoms with E-state index in [1.807, 2.05) is 13.0 Å². The number of allylic oxidation sites excluding steroid dienone is 2. The fraction of sp³-hybridized carbons (Fsp3) is 0.269. The Hall–Kier alpha value is -4.49. The highest BCUT2D eigenvalue weighted by atomic mass is 16.7.